The molecule has 8 nitrogen and oxygen atoms in total. The van der Waals surface area contributed by atoms with E-state index in [4.69, 9.17) is 5.73 Å². The van der Waals surface area contributed by atoms with Gasteiger partial charge in [0.15, 0.2) is 0 Å². The van der Waals surface area contributed by atoms with Crippen LogP contribution >= 0.6 is 0 Å². The van der Waals surface area contributed by atoms with Gasteiger partial charge in [0.05, 0.1) is 11.5 Å². The quantitative estimate of drug-likeness (QED) is 0.394. The summed E-state index contributed by atoms with van der Waals surface area (Å²) in [5.41, 5.74) is 5.12. The summed E-state index contributed by atoms with van der Waals surface area (Å²) in [6.07, 6.45) is 0. The van der Waals surface area contributed by atoms with E-state index in [-0.39, 0.29) is 29.4 Å². The lowest BCUT2D eigenvalue weighted by Crippen LogP contribution is -2.36. The van der Waals surface area contributed by atoms with Crippen LogP contribution in [0.3, 0.4) is 0 Å². The number of hydrogen-bond donors (Lipinski definition) is 3. The SMILES string of the molecule is CCNC(=O)CNC(=O)c1ccc(N)c([N+](=O)[O-])c1. The number of amides is 2. The van der Waals surface area contributed by atoms with Crippen molar-refractivity contribution in [2.24, 2.45) is 0 Å². The summed E-state index contributed by atoms with van der Waals surface area (Å²) >= 11 is 0. The molecule has 0 aliphatic carbocycles. The fourth-order valence-electron chi connectivity index (χ4n) is 1.37. The number of nitrogen functional groups attached to an aromatic ring is 1. The molecule has 1 aromatic carbocycles. The van der Waals surface area contributed by atoms with Crippen molar-refractivity contribution in [2.45, 2.75) is 6.92 Å². The fourth-order valence-corrected chi connectivity index (χ4v) is 1.37. The molecule has 4 N–H and O–H groups in total. The summed E-state index contributed by atoms with van der Waals surface area (Å²) in [6.45, 7) is 2.02. The predicted octanol–water partition coefficient (Wildman–Crippen LogP) is 0.0429. The molecule has 1 aromatic rings. The number of anilines is 1. The minimum absolute atomic E-state index is 0.0229. The van der Waals surface area contributed by atoms with Gasteiger partial charge in [0.2, 0.25) is 5.91 Å². The highest BCUT2D eigenvalue weighted by Crippen LogP contribution is 2.22. The van der Waals surface area contributed by atoms with Gasteiger partial charge in [0, 0.05) is 18.2 Å². The van der Waals surface area contributed by atoms with Gasteiger partial charge in [-0.1, -0.05) is 0 Å². The fraction of sp³-hybridized carbons (Fsp3) is 0.273. The molecule has 0 spiro atoms. The van der Waals surface area contributed by atoms with Crippen molar-refractivity contribution in [1.29, 1.82) is 0 Å². The Labute approximate surface area is 109 Å². The molecule has 0 aromatic heterocycles. The first-order valence-corrected chi connectivity index (χ1v) is 5.54. The summed E-state index contributed by atoms with van der Waals surface area (Å²) in [4.78, 5) is 32.8. The van der Waals surface area contributed by atoms with Gasteiger partial charge < -0.3 is 16.4 Å². The molecule has 0 bridgehead atoms. The van der Waals surface area contributed by atoms with Gasteiger partial charge in [-0.05, 0) is 19.1 Å². The number of carbonyl (C=O) groups is 2. The molecule has 1 rings (SSSR count). The van der Waals surface area contributed by atoms with Gasteiger partial charge in [-0.25, -0.2) is 0 Å². The molecule has 0 fully saturated rings. The van der Waals surface area contributed by atoms with E-state index in [1.54, 1.807) is 6.92 Å². The highest BCUT2D eigenvalue weighted by atomic mass is 16.6. The third kappa shape index (κ3) is 3.95. The lowest BCUT2D eigenvalue weighted by Gasteiger charge is -2.06. The van der Waals surface area contributed by atoms with Crippen molar-refractivity contribution < 1.29 is 14.5 Å². The lowest BCUT2D eigenvalue weighted by atomic mass is 10.1. The number of nitrogens with two attached hydrogens (primary N) is 1. The monoisotopic (exact) mass is 266 g/mol. The molecular formula is C11H14N4O4. The highest BCUT2D eigenvalue weighted by molar-refractivity contribution is 5.97. The number of likely N-dealkylation sites (N-methyl/N-ethyl adjacent to an activating group) is 1. The van der Waals surface area contributed by atoms with E-state index < -0.39 is 10.8 Å². The molecule has 0 atom stereocenters. The number of carbonyl (C=O) groups excluding carboxylic acids is 2. The van der Waals surface area contributed by atoms with E-state index in [9.17, 15) is 19.7 Å². The molecular weight excluding hydrogens is 252 g/mol. The minimum Gasteiger partial charge on any atom is -0.393 e. The number of nitro benzene ring substituents is 1. The third-order valence-electron chi connectivity index (χ3n) is 2.27. The van der Waals surface area contributed by atoms with Crippen LogP contribution in [0.5, 0.6) is 0 Å². The average molecular weight is 266 g/mol. The standard InChI is InChI=1S/C11H14N4O4/c1-2-13-10(16)6-14-11(17)7-3-4-8(12)9(5-7)15(18)19/h3-5H,2,6,12H2,1H3,(H,13,16)(H,14,17). The van der Waals surface area contributed by atoms with Crippen LogP contribution in [0.4, 0.5) is 11.4 Å². The zero-order valence-corrected chi connectivity index (χ0v) is 10.3. The van der Waals surface area contributed by atoms with Crippen molar-refractivity contribution in [3.63, 3.8) is 0 Å². The van der Waals surface area contributed by atoms with E-state index in [0.29, 0.717) is 6.54 Å². The van der Waals surface area contributed by atoms with Crippen LogP contribution in [0, 0.1) is 10.1 Å². The first kappa shape index (κ1) is 14.4. The Bertz CT molecular complexity index is 515. The first-order valence-electron chi connectivity index (χ1n) is 5.54. The van der Waals surface area contributed by atoms with Crippen LogP contribution in [-0.4, -0.2) is 29.8 Å². The van der Waals surface area contributed by atoms with Gasteiger partial charge in [0.1, 0.15) is 5.69 Å². The van der Waals surface area contributed by atoms with E-state index in [2.05, 4.69) is 10.6 Å². The van der Waals surface area contributed by atoms with Gasteiger partial charge >= 0.3 is 0 Å². The zero-order valence-electron chi connectivity index (χ0n) is 10.3. The van der Waals surface area contributed by atoms with Crippen molar-refractivity contribution in [3.8, 4) is 0 Å². The van der Waals surface area contributed by atoms with Crippen molar-refractivity contribution in [2.75, 3.05) is 18.8 Å². The first-order chi connectivity index (χ1) is 8.95. The third-order valence-corrected chi connectivity index (χ3v) is 2.27. The Morgan fingerprint density at radius 3 is 2.63 bits per heavy atom. The Hall–Kier alpha value is -2.64. The minimum atomic E-state index is -0.671. The molecule has 0 radical (unpaired) electrons. The number of hydrogen-bond acceptors (Lipinski definition) is 5. The van der Waals surface area contributed by atoms with Gasteiger partial charge in [-0.2, -0.15) is 0 Å². The van der Waals surface area contributed by atoms with Crippen LogP contribution in [0.1, 0.15) is 17.3 Å². The molecule has 2 amide bonds. The maximum absolute atomic E-state index is 11.7. The Balaban J connectivity index is 2.75. The molecule has 0 heterocycles. The van der Waals surface area contributed by atoms with E-state index in [0.717, 1.165) is 6.07 Å². The van der Waals surface area contributed by atoms with Crippen LogP contribution in [0.15, 0.2) is 18.2 Å². The molecule has 0 saturated carbocycles. The number of rotatable bonds is 5. The zero-order chi connectivity index (χ0) is 14.4. The predicted molar refractivity (Wildman–Crippen MR) is 68.5 cm³/mol. The maximum Gasteiger partial charge on any atom is 0.292 e. The second kappa shape index (κ2) is 6.34. The van der Waals surface area contributed by atoms with E-state index in [1.165, 1.54) is 12.1 Å². The molecule has 0 aliphatic heterocycles. The van der Waals surface area contributed by atoms with Crippen LogP contribution in [-0.2, 0) is 4.79 Å². The molecule has 0 aliphatic rings. The largest absolute Gasteiger partial charge is 0.393 e. The molecule has 102 valence electrons. The maximum atomic E-state index is 11.7. The van der Waals surface area contributed by atoms with Gasteiger partial charge in [0.25, 0.3) is 11.6 Å². The van der Waals surface area contributed by atoms with Gasteiger partial charge in [-0.3, -0.25) is 19.7 Å². The molecule has 0 unspecified atom stereocenters. The number of nitrogens with zero attached hydrogens (tertiary/aromatic N) is 1. The number of benzene rings is 1. The highest BCUT2D eigenvalue weighted by Gasteiger charge is 2.15. The van der Waals surface area contributed by atoms with Crippen LogP contribution in [0.25, 0.3) is 0 Å². The van der Waals surface area contributed by atoms with Crippen molar-refractivity contribution in [3.05, 3.63) is 33.9 Å². The van der Waals surface area contributed by atoms with Gasteiger partial charge in [-0.15, -0.1) is 0 Å². The van der Waals surface area contributed by atoms with Crippen molar-refractivity contribution >= 4 is 23.2 Å². The summed E-state index contributed by atoms with van der Waals surface area (Å²) in [5.74, 6) is -0.907. The summed E-state index contributed by atoms with van der Waals surface area (Å²) in [7, 11) is 0. The van der Waals surface area contributed by atoms with Crippen LogP contribution < -0.4 is 16.4 Å². The lowest BCUT2D eigenvalue weighted by molar-refractivity contribution is -0.383. The second-order valence-electron chi connectivity index (χ2n) is 3.67. The topological polar surface area (TPSA) is 127 Å². The summed E-state index contributed by atoms with van der Waals surface area (Å²) < 4.78 is 0. The molecule has 8 heteroatoms. The molecule has 0 saturated heterocycles. The second-order valence-corrected chi connectivity index (χ2v) is 3.67. The normalized spacial score (nSPS) is 9.74. The Morgan fingerprint density at radius 1 is 1.37 bits per heavy atom. The summed E-state index contributed by atoms with van der Waals surface area (Å²) in [5, 5.41) is 15.5. The smallest absolute Gasteiger partial charge is 0.292 e. The summed E-state index contributed by atoms with van der Waals surface area (Å²) in [6, 6.07) is 3.71. The van der Waals surface area contributed by atoms with Crippen molar-refractivity contribution in [1.82, 2.24) is 10.6 Å². The Morgan fingerprint density at radius 2 is 2.05 bits per heavy atom. The average Bonchev–Trinajstić information content (AvgIpc) is 2.36. The van der Waals surface area contributed by atoms with Crippen LogP contribution in [0.2, 0.25) is 0 Å². The Kier molecular flexibility index (Phi) is 4.81. The number of nitro groups is 1. The van der Waals surface area contributed by atoms with E-state index in [1.807, 2.05) is 0 Å². The number of nitrogens with one attached hydrogen (secondary N) is 2. The van der Waals surface area contributed by atoms with E-state index >= 15 is 0 Å². The molecule has 19 heavy (non-hydrogen) atoms.